The lowest BCUT2D eigenvalue weighted by atomic mass is 10.1. The van der Waals surface area contributed by atoms with Crippen LogP contribution in [0, 0.1) is 0 Å². The summed E-state index contributed by atoms with van der Waals surface area (Å²) >= 11 is 0. The molecule has 0 amide bonds. The van der Waals surface area contributed by atoms with E-state index in [1.54, 1.807) is 0 Å². The third-order valence-corrected chi connectivity index (χ3v) is 2.07. The second-order valence-electron chi connectivity index (χ2n) is 3.12. The van der Waals surface area contributed by atoms with Crippen LogP contribution in [0.5, 0.6) is 0 Å². The lowest BCUT2D eigenvalue weighted by Crippen LogP contribution is -2.07. The lowest BCUT2D eigenvalue weighted by Gasteiger charge is -2.12. The van der Waals surface area contributed by atoms with Gasteiger partial charge in [-0.05, 0) is 19.4 Å². The minimum Gasteiger partial charge on any atom is -0.379 e. The predicted molar refractivity (Wildman–Crippen MR) is 57.3 cm³/mol. The topological polar surface area (TPSA) is 18.5 Å². The van der Waals surface area contributed by atoms with Crippen molar-refractivity contribution in [2.45, 2.75) is 20.0 Å². The molecule has 0 saturated carbocycles. The van der Waals surface area contributed by atoms with Gasteiger partial charge in [-0.1, -0.05) is 30.3 Å². The van der Waals surface area contributed by atoms with Crippen LogP contribution in [0.4, 0.5) is 0 Å². The maximum atomic E-state index is 5.61. The summed E-state index contributed by atoms with van der Waals surface area (Å²) in [5, 5.41) is 0. The van der Waals surface area contributed by atoms with Crippen LogP contribution >= 0.6 is 0 Å². The molecule has 0 spiro atoms. The highest BCUT2D eigenvalue weighted by molar-refractivity contribution is 5.16. The quantitative estimate of drug-likeness (QED) is 0.648. The van der Waals surface area contributed by atoms with Crippen molar-refractivity contribution in [1.82, 2.24) is 0 Å². The Morgan fingerprint density at radius 2 is 1.86 bits per heavy atom. The minimum atomic E-state index is 0.150. The fraction of sp³-hybridized carbons (Fsp3) is 0.500. The summed E-state index contributed by atoms with van der Waals surface area (Å²) < 4.78 is 10.8. The van der Waals surface area contributed by atoms with E-state index >= 15 is 0 Å². The van der Waals surface area contributed by atoms with Gasteiger partial charge in [0.05, 0.1) is 19.3 Å². The van der Waals surface area contributed by atoms with Crippen LogP contribution in [-0.4, -0.2) is 19.8 Å². The first-order chi connectivity index (χ1) is 6.84. The van der Waals surface area contributed by atoms with E-state index in [-0.39, 0.29) is 6.10 Å². The van der Waals surface area contributed by atoms with Gasteiger partial charge in [0, 0.05) is 6.61 Å². The van der Waals surface area contributed by atoms with Gasteiger partial charge < -0.3 is 9.47 Å². The average Bonchev–Trinajstić information content (AvgIpc) is 2.25. The molecule has 1 aromatic carbocycles. The van der Waals surface area contributed by atoms with E-state index in [0.29, 0.717) is 13.2 Å². The molecule has 0 heterocycles. The van der Waals surface area contributed by atoms with E-state index in [2.05, 4.69) is 19.1 Å². The number of ether oxygens (including phenoxy) is 2. The lowest BCUT2D eigenvalue weighted by molar-refractivity contribution is 0.0146. The number of hydrogen-bond acceptors (Lipinski definition) is 2. The zero-order valence-electron chi connectivity index (χ0n) is 8.90. The average molecular weight is 194 g/mol. The maximum absolute atomic E-state index is 5.61. The Morgan fingerprint density at radius 3 is 2.50 bits per heavy atom. The molecule has 0 aliphatic rings. The highest BCUT2D eigenvalue weighted by Gasteiger charge is 2.03. The molecular formula is C12H18O2. The highest BCUT2D eigenvalue weighted by Crippen LogP contribution is 2.15. The fourth-order valence-corrected chi connectivity index (χ4v) is 1.25. The third kappa shape index (κ3) is 3.90. The molecule has 1 atom stereocenters. The van der Waals surface area contributed by atoms with Crippen molar-refractivity contribution >= 4 is 0 Å². The second kappa shape index (κ2) is 6.57. The fourth-order valence-electron chi connectivity index (χ4n) is 1.25. The SMILES string of the molecule is CCOCCOC(C)c1ccccc1. The van der Waals surface area contributed by atoms with Crippen LogP contribution in [0.3, 0.4) is 0 Å². The van der Waals surface area contributed by atoms with Crippen LogP contribution in [0.25, 0.3) is 0 Å². The van der Waals surface area contributed by atoms with Gasteiger partial charge in [-0.25, -0.2) is 0 Å². The van der Waals surface area contributed by atoms with E-state index in [1.807, 2.05) is 25.1 Å². The molecular weight excluding hydrogens is 176 g/mol. The first-order valence-corrected chi connectivity index (χ1v) is 5.09. The van der Waals surface area contributed by atoms with Crippen molar-refractivity contribution in [3.8, 4) is 0 Å². The van der Waals surface area contributed by atoms with E-state index in [4.69, 9.17) is 9.47 Å². The van der Waals surface area contributed by atoms with E-state index in [1.165, 1.54) is 5.56 Å². The van der Waals surface area contributed by atoms with Gasteiger partial charge in [0.15, 0.2) is 0 Å². The summed E-state index contributed by atoms with van der Waals surface area (Å²) in [5.41, 5.74) is 1.21. The van der Waals surface area contributed by atoms with Gasteiger partial charge in [-0.15, -0.1) is 0 Å². The molecule has 2 nitrogen and oxygen atoms in total. The van der Waals surface area contributed by atoms with Crippen LogP contribution in [0.1, 0.15) is 25.5 Å². The van der Waals surface area contributed by atoms with Crippen molar-refractivity contribution < 1.29 is 9.47 Å². The Hall–Kier alpha value is -0.860. The summed E-state index contributed by atoms with van der Waals surface area (Å²) in [6.45, 7) is 6.13. The molecule has 0 saturated heterocycles. The molecule has 0 fully saturated rings. The standard InChI is InChI=1S/C12H18O2/c1-3-13-9-10-14-11(2)12-7-5-4-6-8-12/h4-8,11H,3,9-10H2,1-2H3. The van der Waals surface area contributed by atoms with Crippen LogP contribution in [0.15, 0.2) is 30.3 Å². The smallest absolute Gasteiger partial charge is 0.0797 e. The maximum Gasteiger partial charge on any atom is 0.0797 e. The van der Waals surface area contributed by atoms with Gasteiger partial charge in [0.25, 0.3) is 0 Å². The van der Waals surface area contributed by atoms with Gasteiger partial charge in [-0.2, -0.15) is 0 Å². The van der Waals surface area contributed by atoms with Crippen molar-refractivity contribution in [3.63, 3.8) is 0 Å². The largest absolute Gasteiger partial charge is 0.379 e. The number of hydrogen-bond donors (Lipinski definition) is 0. The minimum absolute atomic E-state index is 0.150. The number of benzene rings is 1. The zero-order valence-corrected chi connectivity index (χ0v) is 8.90. The summed E-state index contributed by atoms with van der Waals surface area (Å²) in [7, 11) is 0. The molecule has 0 aliphatic carbocycles. The Bertz CT molecular complexity index is 233. The number of rotatable bonds is 6. The Morgan fingerprint density at radius 1 is 1.14 bits per heavy atom. The first kappa shape index (κ1) is 11.2. The second-order valence-corrected chi connectivity index (χ2v) is 3.12. The Balaban J connectivity index is 2.25. The normalized spacial score (nSPS) is 12.7. The molecule has 1 unspecified atom stereocenters. The highest BCUT2D eigenvalue weighted by atomic mass is 16.5. The molecule has 78 valence electrons. The van der Waals surface area contributed by atoms with Crippen LogP contribution < -0.4 is 0 Å². The first-order valence-electron chi connectivity index (χ1n) is 5.09. The molecule has 0 aliphatic heterocycles. The molecule has 0 radical (unpaired) electrons. The Kier molecular flexibility index (Phi) is 5.27. The summed E-state index contributed by atoms with van der Waals surface area (Å²) in [4.78, 5) is 0. The molecule has 0 bridgehead atoms. The van der Waals surface area contributed by atoms with Crippen molar-refractivity contribution in [1.29, 1.82) is 0 Å². The molecule has 1 aromatic rings. The summed E-state index contributed by atoms with van der Waals surface area (Å²) in [6.07, 6.45) is 0.150. The molecule has 2 heteroatoms. The molecule has 14 heavy (non-hydrogen) atoms. The van der Waals surface area contributed by atoms with E-state index < -0.39 is 0 Å². The summed E-state index contributed by atoms with van der Waals surface area (Å²) in [5.74, 6) is 0. The molecule has 0 aromatic heterocycles. The van der Waals surface area contributed by atoms with Gasteiger partial charge >= 0.3 is 0 Å². The van der Waals surface area contributed by atoms with Crippen molar-refractivity contribution in [2.75, 3.05) is 19.8 Å². The van der Waals surface area contributed by atoms with Crippen LogP contribution in [0.2, 0.25) is 0 Å². The van der Waals surface area contributed by atoms with Crippen LogP contribution in [-0.2, 0) is 9.47 Å². The zero-order chi connectivity index (χ0) is 10.2. The third-order valence-electron chi connectivity index (χ3n) is 2.07. The predicted octanol–water partition coefficient (Wildman–Crippen LogP) is 2.80. The van der Waals surface area contributed by atoms with Gasteiger partial charge in [0.2, 0.25) is 0 Å². The van der Waals surface area contributed by atoms with E-state index in [9.17, 15) is 0 Å². The monoisotopic (exact) mass is 194 g/mol. The van der Waals surface area contributed by atoms with Crippen molar-refractivity contribution in [2.24, 2.45) is 0 Å². The molecule has 1 rings (SSSR count). The molecule has 0 N–H and O–H groups in total. The van der Waals surface area contributed by atoms with Gasteiger partial charge in [-0.3, -0.25) is 0 Å². The van der Waals surface area contributed by atoms with E-state index in [0.717, 1.165) is 6.61 Å². The Labute approximate surface area is 85.8 Å². The van der Waals surface area contributed by atoms with Gasteiger partial charge in [0.1, 0.15) is 0 Å². The van der Waals surface area contributed by atoms with Crippen molar-refractivity contribution in [3.05, 3.63) is 35.9 Å². The summed E-state index contributed by atoms with van der Waals surface area (Å²) in [6, 6.07) is 10.2.